The predicted molar refractivity (Wildman–Crippen MR) is 122 cm³/mol. The molecule has 1 N–H and O–H groups in total. The molecule has 0 unspecified atom stereocenters. The third-order valence-corrected chi connectivity index (χ3v) is 6.38. The summed E-state index contributed by atoms with van der Waals surface area (Å²) in [4.78, 5) is 19.9. The van der Waals surface area contributed by atoms with Crippen LogP contribution in [0.1, 0.15) is 37.7 Å². The second-order valence-corrected chi connectivity index (χ2v) is 8.72. The Bertz CT molecular complexity index is 1010. The summed E-state index contributed by atoms with van der Waals surface area (Å²) < 4.78 is 11.7. The summed E-state index contributed by atoms with van der Waals surface area (Å²) in [5.41, 5.74) is 2.32. The maximum atomic E-state index is 12.8. The molecule has 3 aliphatic rings. The van der Waals surface area contributed by atoms with Gasteiger partial charge >= 0.3 is 0 Å². The molecule has 1 aliphatic carbocycles. The Morgan fingerprint density at radius 3 is 2.61 bits per heavy atom. The molecule has 0 aromatic heterocycles. The van der Waals surface area contributed by atoms with E-state index >= 15 is 0 Å². The molecule has 6 nitrogen and oxygen atoms in total. The standard InChI is InChI=1S/C24H26ClN3O3/c25-17-6-8-22-20(14-17)27-23(28-10-12-30-13-11-28)19-15-18(7-9-21(19)31-22)26-24(29)16-4-2-1-3-5-16/h6-9,14-16H,1-5,10-13H2,(H,26,29). The number of carbonyl (C=O) groups excluding carboxylic acids is 1. The molecule has 2 aromatic carbocycles. The largest absolute Gasteiger partial charge is 0.454 e. The molecule has 2 aliphatic heterocycles. The lowest BCUT2D eigenvalue weighted by Crippen LogP contribution is -2.41. The first-order valence-electron chi connectivity index (χ1n) is 11.0. The molecule has 162 valence electrons. The van der Waals surface area contributed by atoms with Gasteiger partial charge in [-0.05, 0) is 49.2 Å². The van der Waals surface area contributed by atoms with E-state index in [4.69, 9.17) is 26.1 Å². The van der Waals surface area contributed by atoms with Gasteiger partial charge in [0.25, 0.3) is 0 Å². The highest BCUT2D eigenvalue weighted by molar-refractivity contribution is 6.31. The van der Waals surface area contributed by atoms with E-state index in [0.717, 1.165) is 55.9 Å². The molecular weight excluding hydrogens is 414 g/mol. The van der Waals surface area contributed by atoms with Gasteiger partial charge in [0, 0.05) is 29.7 Å². The minimum Gasteiger partial charge on any atom is -0.454 e. The van der Waals surface area contributed by atoms with Crippen LogP contribution in [0.2, 0.25) is 5.02 Å². The van der Waals surface area contributed by atoms with Gasteiger partial charge in [-0.2, -0.15) is 0 Å². The number of fused-ring (bicyclic) bond motifs is 2. The number of amides is 1. The number of rotatable bonds is 2. The number of nitrogens with zero attached hydrogens (tertiary/aromatic N) is 2. The summed E-state index contributed by atoms with van der Waals surface area (Å²) in [6.45, 7) is 2.78. The number of benzene rings is 2. The number of hydrogen-bond acceptors (Lipinski definition) is 5. The molecule has 1 saturated carbocycles. The van der Waals surface area contributed by atoms with Gasteiger partial charge in [-0.3, -0.25) is 4.79 Å². The molecule has 5 rings (SSSR count). The van der Waals surface area contributed by atoms with E-state index in [1.54, 1.807) is 6.07 Å². The summed E-state index contributed by atoms with van der Waals surface area (Å²) in [6, 6.07) is 11.2. The predicted octanol–water partition coefficient (Wildman–Crippen LogP) is 5.38. The Morgan fingerprint density at radius 2 is 1.81 bits per heavy atom. The molecule has 2 aromatic rings. The van der Waals surface area contributed by atoms with Crippen molar-refractivity contribution in [3.05, 3.63) is 47.0 Å². The van der Waals surface area contributed by atoms with Crippen LogP contribution in [0, 0.1) is 5.92 Å². The van der Waals surface area contributed by atoms with Crippen molar-refractivity contribution in [1.29, 1.82) is 0 Å². The number of aliphatic imine (C=N–C) groups is 1. The summed E-state index contributed by atoms with van der Waals surface area (Å²) in [6.07, 6.45) is 5.42. The van der Waals surface area contributed by atoms with Crippen molar-refractivity contribution >= 4 is 34.7 Å². The van der Waals surface area contributed by atoms with Gasteiger partial charge in [0.1, 0.15) is 17.3 Å². The Balaban J connectivity index is 1.50. The molecule has 0 radical (unpaired) electrons. The lowest BCUT2D eigenvalue weighted by molar-refractivity contribution is -0.120. The molecular formula is C24H26ClN3O3. The number of hydrogen-bond donors (Lipinski definition) is 1. The van der Waals surface area contributed by atoms with E-state index in [1.165, 1.54) is 6.42 Å². The van der Waals surface area contributed by atoms with Crippen molar-refractivity contribution in [2.24, 2.45) is 10.9 Å². The van der Waals surface area contributed by atoms with Gasteiger partial charge in [-0.1, -0.05) is 30.9 Å². The van der Waals surface area contributed by atoms with Crippen LogP contribution in [-0.4, -0.2) is 42.9 Å². The highest BCUT2D eigenvalue weighted by atomic mass is 35.5. The Kier molecular flexibility index (Phi) is 5.83. The fourth-order valence-corrected chi connectivity index (χ4v) is 4.62. The summed E-state index contributed by atoms with van der Waals surface area (Å²) in [5.74, 6) is 2.39. The first kappa shape index (κ1) is 20.3. The van der Waals surface area contributed by atoms with Gasteiger partial charge in [0.2, 0.25) is 5.91 Å². The van der Waals surface area contributed by atoms with Crippen LogP contribution in [-0.2, 0) is 9.53 Å². The van der Waals surface area contributed by atoms with Crippen molar-refractivity contribution in [2.75, 3.05) is 31.6 Å². The van der Waals surface area contributed by atoms with Crippen LogP contribution in [0.4, 0.5) is 11.4 Å². The summed E-state index contributed by atoms with van der Waals surface area (Å²) in [5, 5.41) is 3.73. The first-order valence-corrected chi connectivity index (χ1v) is 11.4. The van der Waals surface area contributed by atoms with Gasteiger partial charge in [0.05, 0.1) is 18.8 Å². The molecule has 31 heavy (non-hydrogen) atoms. The third-order valence-electron chi connectivity index (χ3n) is 6.14. The van der Waals surface area contributed by atoms with Crippen molar-refractivity contribution in [1.82, 2.24) is 4.90 Å². The number of carbonyl (C=O) groups is 1. The average molecular weight is 440 g/mol. The van der Waals surface area contributed by atoms with Crippen molar-refractivity contribution < 1.29 is 14.3 Å². The molecule has 0 bridgehead atoms. The van der Waals surface area contributed by atoms with Gasteiger partial charge in [-0.25, -0.2) is 4.99 Å². The normalized spacial score (nSPS) is 18.9. The second-order valence-electron chi connectivity index (χ2n) is 8.28. The maximum Gasteiger partial charge on any atom is 0.227 e. The van der Waals surface area contributed by atoms with Gasteiger partial charge in [0.15, 0.2) is 5.75 Å². The van der Waals surface area contributed by atoms with E-state index in [1.807, 2.05) is 30.3 Å². The van der Waals surface area contributed by atoms with E-state index in [0.29, 0.717) is 35.4 Å². The maximum absolute atomic E-state index is 12.8. The van der Waals surface area contributed by atoms with E-state index in [-0.39, 0.29) is 11.8 Å². The number of anilines is 1. The van der Waals surface area contributed by atoms with Crippen molar-refractivity contribution in [3.8, 4) is 11.5 Å². The Morgan fingerprint density at radius 1 is 1.03 bits per heavy atom. The van der Waals surface area contributed by atoms with Crippen LogP contribution >= 0.6 is 11.6 Å². The minimum absolute atomic E-state index is 0.0996. The highest BCUT2D eigenvalue weighted by Crippen LogP contribution is 2.40. The molecule has 2 fully saturated rings. The molecule has 2 heterocycles. The second kappa shape index (κ2) is 8.89. The number of nitrogens with one attached hydrogen (secondary N) is 1. The number of ether oxygens (including phenoxy) is 2. The van der Waals surface area contributed by atoms with E-state index in [2.05, 4.69) is 10.2 Å². The molecule has 0 atom stereocenters. The highest BCUT2D eigenvalue weighted by Gasteiger charge is 2.26. The van der Waals surface area contributed by atoms with Gasteiger partial charge in [-0.15, -0.1) is 0 Å². The zero-order valence-corrected chi connectivity index (χ0v) is 18.2. The summed E-state index contributed by atoms with van der Waals surface area (Å²) >= 11 is 6.23. The first-order chi connectivity index (χ1) is 15.2. The zero-order chi connectivity index (χ0) is 21.2. The molecule has 1 saturated heterocycles. The van der Waals surface area contributed by atoms with E-state index < -0.39 is 0 Å². The fraction of sp³-hybridized carbons (Fsp3) is 0.417. The van der Waals surface area contributed by atoms with Crippen molar-refractivity contribution in [2.45, 2.75) is 32.1 Å². The van der Waals surface area contributed by atoms with E-state index in [9.17, 15) is 4.79 Å². The molecule has 0 spiro atoms. The van der Waals surface area contributed by atoms with Gasteiger partial charge < -0.3 is 19.7 Å². The monoisotopic (exact) mass is 439 g/mol. The third kappa shape index (κ3) is 4.41. The zero-order valence-electron chi connectivity index (χ0n) is 17.4. The molecule has 7 heteroatoms. The van der Waals surface area contributed by atoms with Crippen molar-refractivity contribution in [3.63, 3.8) is 0 Å². The van der Waals surface area contributed by atoms with Crippen LogP contribution in [0.25, 0.3) is 0 Å². The quantitative estimate of drug-likeness (QED) is 0.682. The number of halogens is 1. The number of morpholine rings is 1. The molecule has 1 amide bonds. The van der Waals surface area contributed by atoms with Crippen LogP contribution in [0.3, 0.4) is 0 Å². The van der Waals surface area contributed by atoms with Crippen LogP contribution in [0.5, 0.6) is 11.5 Å². The van der Waals surface area contributed by atoms with Crippen LogP contribution in [0.15, 0.2) is 41.4 Å². The topological polar surface area (TPSA) is 63.2 Å². The van der Waals surface area contributed by atoms with Crippen LogP contribution < -0.4 is 10.1 Å². The smallest absolute Gasteiger partial charge is 0.227 e. The lowest BCUT2D eigenvalue weighted by Gasteiger charge is -2.30. The number of amidine groups is 1. The minimum atomic E-state index is 0.0996. The summed E-state index contributed by atoms with van der Waals surface area (Å²) in [7, 11) is 0. The lowest BCUT2D eigenvalue weighted by atomic mass is 9.88. The Labute approximate surface area is 187 Å². The Hall–Kier alpha value is -2.57. The fourth-order valence-electron chi connectivity index (χ4n) is 4.45. The average Bonchev–Trinajstić information content (AvgIpc) is 2.96. The SMILES string of the molecule is O=C(Nc1ccc2c(c1)C(N1CCOCC1)=Nc1cc(Cl)ccc1O2)C1CCCCC1.